The highest BCUT2D eigenvalue weighted by atomic mass is 35.5. The van der Waals surface area contributed by atoms with E-state index in [1.807, 2.05) is 12.1 Å². The van der Waals surface area contributed by atoms with Crippen molar-refractivity contribution < 1.29 is 5.11 Å². The van der Waals surface area contributed by atoms with Crippen molar-refractivity contribution in [2.75, 3.05) is 18.0 Å². The first-order chi connectivity index (χ1) is 8.26. The van der Waals surface area contributed by atoms with Crippen molar-refractivity contribution in [1.82, 2.24) is 0 Å². The van der Waals surface area contributed by atoms with Gasteiger partial charge < -0.3 is 10.0 Å². The minimum atomic E-state index is -0.0548. The number of aliphatic hydroxyl groups excluding tert-OH is 1. The molecule has 1 N–H and O–H groups in total. The summed E-state index contributed by atoms with van der Waals surface area (Å²) in [7, 11) is 0. The van der Waals surface area contributed by atoms with E-state index in [1.165, 1.54) is 12.8 Å². The molecule has 2 nitrogen and oxygen atoms in total. The number of aliphatic hydroxyl groups is 1. The van der Waals surface area contributed by atoms with Gasteiger partial charge in [0.2, 0.25) is 0 Å². The lowest BCUT2D eigenvalue weighted by Crippen LogP contribution is -2.27. The molecule has 0 aliphatic heterocycles. The summed E-state index contributed by atoms with van der Waals surface area (Å²) in [6, 6.07) is 5.66. The van der Waals surface area contributed by atoms with E-state index in [1.54, 1.807) is 6.07 Å². The molecule has 2 rings (SSSR count). The Balaban J connectivity index is 2.27. The Morgan fingerprint density at radius 3 is 2.82 bits per heavy atom. The summed E-state index contributed by atoms with van der Waals surface area (Å²) >= 11 is 6.09. The second-order valence-electron chi connectivity index (χ2n) is 4.42. The van der Waals surface area contributed by atoms with Crippen LogP contribution in [0.25, 0.3) is 0 Å². The van der Waals surface area contributed by atoms with Crippen molar-refractivity contribution in [3.05, 3.63) is 28.8 Å². The molecule has 17 heavy (non-hydrogen) atoms. The molecule has 1 aromatic carbocycles. The van der Waals surface area contributed by atoms with Crippen LogP contribution in [0.1, 0.15) is 18.4 Å². The number of halogens is 1. The molecule has 0 aromatic heterocycles. The Labute approximate surface area is 107 Å². The molecule has 0 heterocycles. The monoisotopic (exact) mass is 249 g/mol. The predicted octanol–water partition coefficient (Wildman–Crippen LogP) is 2.68. The highest BCUT2D eigenvalue weighted by molar-refractivity contribution is 6.31. The molecule has 90 valence electrons. The van der Waals surface area contributed by atoms with Gasteiger partial charge >= 0.3 is 0 Å². The van der Waals surface area contributed by atoms with E-state index in [0.29, 0.717) is 11.6 Å². The van der Waals surface area contributed by atoms with Gasteiger partial charge in [-0.25, -0.2) is 0 Å². The summed E-state index contributed by atoms with van der Waals surface area (Å²) in [6.45, 7) is 1.46. The van der Waals surface area contributed by atoms with Crippen LogP contribution >= 0.6 is 11.6 Å². The SMILES string of the molecule is C#CCN(CC1CC1)c1cccc(Cl)c1CO. The number of nitrogens with zero attached hydrogens (tertiary/aromatic N) is 1. The smallest absolute Gasteiger partial charge is 0.0791 e. The molecule has 1 fully saturated rings. The molecule has 1 aromatic rings. The fourth-order valence-corrected chi connectivity index (χ4v) is 2.20. The molecule has 0 radical (unpaired) electrons. The molecular formula is C14H16ClNO. The normalized spacial score (nSPS) is 14.4. The van der Waals surface area contributed by atoms with Gasteiger partial charge in [-0.15, -0.1) is 6.42 Å². The van der Waals surface area contributed by atoms with Crippen LogP contribution < -0.4 is 4.90 Å². The summed E-state index contributed by atoms with van der Waals surface area (Å²) in [6.07, 6.45) is 7.95. The standard InChI is InChI=1S/C14H16ClNO/c1-2-8-16(9-11-6-7-11)14-5-3-4-13(15)12(14)10-17/h1,3-5,11,17H,6-10H2. The second-order valence-corrected chi connectivity index (χ2v) is 4.83. The Kier molecular flexibility index (Phi) is 3.93. The van der Waals surface area contributed by atoms with E-state index in [9.17, 15) is 5.11 Å². The van der Waals surface area contributed by atoms with E-state index in [-0.39, 0.29) is 6.61 Å². The molecule has 3 heteroatoms. The number of hydrogen-bond donors (Lipinski definition) is 1. The molecule has 0 bridgehead atoms. The predicted molar refractivity (Wildman–Crippen MR) is 71.1 cm³/mol. The van der Waals surface area contributed by atoms with Gasteiger partial charge in [0.05, 0.1) is 13.2 Å². The zero-order chi connectivity index (χ0) is 12.3. The molecule has 0 unspecified atom stereocenters. The van der Waals surface area contributed by atoms with Gasteiger partial charge in [-0.2, -0.15) is 0 Å². The number of terminal acetylenes is 1. The Morgan fingerprint density at radius 2 is 2.24 bits per heavy atom. The highest BCUT2D eigenvalue weighted by Gasteiger charge is 2.25. The molecule has 0 atom stereocenters. The van der Waals surface area contributed by atoms with Crippen LogP contribution in [0.2, 0.25) is 5.02 Å². The van der Waals surface area contributed by atoms with Crippen LogP contribution in [0.3, 0.4) is 0 Å². The van der Waals surface area contributed by atoms with Crippen LogP contribution in [-0.2, 0) is 6.61 Å². The van der Waals surface area contributed by atoms with E-state index >= 15 is 0 Å². The number of anilines is 1. The van der Waals surface area contributed by atoms with Crippen molar-refractivity contribution in [1.29, 1.82) is 0 Å². The molecular weight excluding hydrogens is 234 g/mol. The Bertz CT molecular complexity index is 434. The molecule has 0 spiro atoms. The van der Waals surface area contributed by atoms with Crippen LogP contribution in [0.15, 0.2) is 18.2 Å². The quantitative estimate of drug-likeness (QED) is 0.811. The third-order valence-electron chi connectivity index (χ3n) is 3.05. The van der Waals surface area contributed by atoms with Gasteiger partial charge in [0.25, 0.3) is 0 Å². The van der Waals surface area contributed by atoms with E-state index < -0.39 is 0 Å². The first-order valence-corrected chi connectivity index (χ1v) is 6.20. The maximum atomic E-state index is 9.40. The van der Waals surface area contributed by atoms with Crippen molar-refractivity contribution in [2.45, 2.75) is 19.4 Å². The lowest BCUT2D eigenvalue weighted by molar-refractivity contribution is 0.282. The maximum Gasteiger partial charge on any atom is 0.0791 e. The zero-order valence-corrected chi connectivity index (χ0v) is 10.5. The van der Waals surface area contributed by atoms with Crippen molar-refractivity contribution in [3.8, 4) is 12.3 Å². The number of rotatable bonds is 5. The number of benzene rings is 1. The van der Waals surface area contributed by atoms with Crippen LogP contribution in [0.4, 0.5) is 5.69 Å². The van der Waals surface area contributed by atoms with E-state index in [4.69, 9.17) is 18.0 Å². The van der Waals surface area contributed by atoms with Gasteiger partial charge in [0, 0.05) is 22.8 Å². The third kappa shape index (κ3) is 2.94. The first kappa shape index (κ1) is 12.3. The zero-order valence-electron chi connectivity index (χ0n) is 9.69. The average molecular weight is 250 g/mol. The summed E-state index contributed by atoms with van der Waals surface area (Å²) in [5.74, 6) is 3.42. The molecule has 1 aliphatic carbocycles. The van der Waals surface area contributed by atoms with Crippen LogP contribution in [-0.4, -0.2) is 18.2 Å². The van der Waals surface area contributed by atoms with Gasteiger partial charge in [0.15, 0.2) is 0 Å². The van der Waals surface area contributed by atoms with E-state index in [2.05, 4.69) is 10.8 Å². The van der Waals surface area contributed by atoms with Gasteiger partial charge in [-0.1, -0.05) is 23.6 Å². The maximum absolute atomic E-state index is 9.40. The second kappa shape index (κ2) is 5.44. The van der Waals surface area contributed by atoms with Crippen LogP contribution in [0, 0.1) is 18.3 Å². The molecule has 1 aliphatic rings. The average Bonchev–Trinajstić information content (AvgIpc) is 3.12. The van der Waals surface area contributed by atoms with Crippen LogP contribution in [0.5, 0.6) is 0 Å². The van der Waals surface area contributed by atoms with Gasteiger partial charge in [-0.3, -0.25) is 0 Å². The molecule has 0 amide bonds. The van der Waals surface area contributed by atoms with Crippen molar-refractivity contribution in [2.24, 2.45) is 5.92 Å². The number of hydrogen-bond acceptors (Lipinski definition) is 2. The minimum absolute atomic E-state index is 0.0548. The molecule has 0 saturated heterocycles. The summed E-state index contributed by atoms with van der Waals surface area (Å²) in [5, 5.41) is 10.0. The lowest BCUT2D eigenvalue weighted by atomic mass is 10.1. The fourth-order valence-electron chi connectivity index (χ4n) is 1.97. The third-order valence-corrected chi connectivity index (χ3v) is 3.40. The summed E-state index contributed by atoms with van der Waals surface area (Å²) < 4.78 is 0. The summed E-state index contributed by atoms with van der Waals surface area (Å²) in [5.41, 5.74) is 1.73. The first-order valence-electron chi connectivity index (χ1n) is 5.83. The van der Waals surface area contributed by atoms with Crippen molar-refractivity contribution in [3.63, 3.8) is 0 Å². The largest absolute Gasteiger partial charge is 0.392 e. The van der Waals surface area contributed by atoms with Gasteiger partial charge in [-0.05, 0) is 30.9 Å². The fraction of sp³-hybridized carbons (Fsp3) is 0.429. The topological polar surface area (TPSA) is 23.5 Å². The summed E-state index contributed by atoms with van der Waals surface area (Å²) in [4.78, 5) is 2.13. The Morgan fingerprint density at radius 1 is 1.47 bits per heavy atom. The van der Waals surface area contributed by atoms with Gasteiger partial charge in [0.1, 0.15) is 0 Å². The highest BCUT2D eigenvalue weighted by Crippen LogP contribution is 2.34. The van der Waals surface area contributed by atoms with Crippen molar-refractivity contribution >= 4 is 17.3 Å². The lowest BCUT2D eigenvalue weighted by Gasteiger charge is -2.25. The van der Waals surface area contributed by atoms with E-state index in [0.717, 1.165) is 23.7 Å². The minimum Gasteiger partial charge on any atom is -0.392 e. The Hall–Kier alpha value is -1.17. The molecule has 1 saturated carbocycles.